The Morgan fingerprint density at radius 1 is 1.31 bits per heavy atom. The molecule has 0 aliphatic carbocycles. The van der Waals surface area contributed by atoms with Gasteiger partial charge < -0.3 is 9.84 Å². The van der Waals surface area contributed by atoms with Crippen LogP contribution in [0.2, 0.25) is 0 Å². The molecule has 0 saturated heterocycles. The average Bonchev–Trinajstić information content (AvgIpc) is 2.25. The molecule has 0 radical (unpaired) electrons. The molecule has 1 N–H and O–H groups in total. The van der Waals surface area contributed by atoms with Crippen LogP contribution in [0.3, 0.4) is 0 Å². The average molecular weight is 242 g/mol. The fourth-order valence-corrected chi connectivity index (χ4v) is 1.85. The summed E-state index contributed by atoms with van der Waals surface area (Å²) >= 11 is 0. The number of rotatable bonds is 7. The third kappa shape index (κ3) is 5.63. The summed E-state index contributed by atoms with van der Waals surface area (Å²) in [5.41, 5.74) is 1.05. The second-order valence-corrected chi connectivity index (χ2v) is 4.80. The normalized spacial score (nSPS) is 12.2. The van der Waals surface area contributed by atoms with E-state index in [0.29, 0.717) is 13.2 Å². The molecule has 1 rings (SSSR count). The summed E-state index contributed by atoms with van der Waals surface area (Å²) in [6, 6.07) is 9.64. The van der Waals surface area contributed by atoms with Crippen molar-refractivity contribution in [1.29, 1.82) is 0 Å². The highest BCUT2D eigenvalue weighted by Crippen LogP contribution is 2.00. The van der Waals surface area contributed by atoms with Crippen molar-refractivity contribution < 1.29 is 18.8 Å². The van der Waals surface area contributed by atoms with Crippen molar-refractivity contribution >= 4 is 16.8 Å². The fourth-order valence-electron chi connectivity index (χ4n) is 1.13. The lowest BCUT2D eigenvalue weighted by Crippen LogP contribution is -2.15. The van der Waals surface area contributed by atoms with Gasteiger partial charge in [0.15, 0.2) is 0 Å². The van der Waals surface area contributed by atoms with E-state index in [1.807, 2.05) is 30.3 Å². The number of carbonyl (C=O) groups is 1. The minimum Gasteiger partial charge on any atom is -0.481 e. The lowest BCUT2D eigenvalue weighted by Gasteiger charge is -2.03. The molecule has 0 aliphatic rings. The van der Waals surface area contributed by atoms with Gasteiger partial charge in [0.1, 0.15) is 5.75 Å². The van der Waals surface area contributed by atoms with Crippen molar-refractivity contribution in [2.75, 3.05) is 18.1 Å². The smallest absolute Gasteiger partial charge is 0.316 e. The minimum atomic E-state index is -1.33. The van der Waals surface area contributed by atoms with Crippen LogP contribution in [-0.4, -0.2) is 33.4 Å². The van der Waals surface area contributed by atoms with Crippen LogP contribution >= 0.6 is 0 Å². The largest absolute Gasteiger partial charge is 0.481 e. The van der Waals surface area contributed by atoms with Gasteiger partial charge in [-0.15, -0.1) is 0 Å². The highest BCUT2D eigenvalue weighted by molar-refractivity contribution is 7.85. The molecule has 1 aromatic rings. The molecule has 4 nitrogen and oxygen atoms in total. The van der Waals surface area contributed by atoms with E-state index < -0.39 is 16.8 Å². The maximum Gasteiger partial charge on any atom is 0.316 e. The topological polar surface area (TPSA) is 63.6 Å². The van der Waals surface area contributed by atoms with Gasteiger partial charge in [-0.2, -0.15) is 0 Å². The summed E-state index contributed by atoms with van der Waals surface area (Å²) in [6.45, 7) is 0.778. The third-order valence-electron chi connectivity index (χ3n) is 1.85. The van der Waals surface area contributed by atoms with Crippen molar-refractivity contribution in [2.24, 2.45) is 0 Å². The van der Waals surface area contributed by atoms with E-state index >= 15 is 0 Å². The molecular weight excluding hydrogens is 228 g/mol. The Bertz CT molecular complexity index is 350. The van der Waals surface area contributed by atoms with E-state index in [-0.39, 0.29) is 11.5 Å². The zero-order valence-electron chi connectivity index (χ0n) is 8.80. The van der Waals surface area contributed by atoms with Crippen LogP contribution in [0.4, 0.5) is 0 Å². The molecule has 0 spiro atoms. The van der Waals surface area contributed by atoms with Crippen molar-refractivity contribution in [3.63, 3.8) is 0 Å². The van der Waals surface area contributed by atoms with Gasteiger partial charge in [0.05, 0.1) is 13.2 Å². The number of ether oxygens (including phenoxy) is 1. The number of benzene rings is 1. The van der Waals surface area contributed by atoms with Crippen molar-refractivity contribution in [3.8, 4) is 0 Å². The van der Waals surface area contributed by atoms with Crippen LogP contribution in [0, 0.1) is 0 Å². The van der Waals surface area contributed by atoms with E-state index in [9.17, 15) is 9.00 Å². The van der Waals surface area contributed by atoms with Gasteiger partial charge in [-0.1, -0.05) is 30.3 Å². The summed E-state index contributed by atoms with van der Waals surface area (Å²) < 4.78 is 16.4. The van der Waals surface area contributed by atoms with Gasteiger partial charge in [0.2, 0.25) is 0 Å². The van der Waals surface area contributed by atoms with Crippen LogP contribution < -0.4 is 0 Å². The molecule has 1 unspecified atom stereocenters. The van der Waals surface area contributed by atoms with Crippen molar-refractivity contribution in [3.05, 3.63) is 35.9 Å². The van der Waals surface area contributed by atoms with Crippen LogP contribution in [0.15, 0.2) is 30.3 Å². The first-order valence-electron chi connectivity index (χ1n) is 4.87. The summed E-state index contributed by atoms with van der Waals surface area (Å²) in [5, 5.41) is 8.38. The predicted octanol–water partition coefficient (Wildman–Crippen LogP) is 1.04. The zero-order chi connectivity index (χ0) is 11.8. The second kappa shape index (κ2) is 7.14. The molecule has 0 fully saturated rings. The van der Waals surface area contributed by atoms with Gasteiger partial charge in [-0.05, 0) is 5.56 Å². The van der Waals surface area contributed by atoms with Gasteiger partial charge in [0, 0.05) is 16.6 Å². The summed E-state index contributed by atoms with van der Waals surface area (Å²) in [5.74, 6) is -1.09. The molecule has 0 aromatic heterocycles. The molecule has 0 heterocycles. The Kier molecular flexibility index (Phi) is 5.74. The Balaban J connectivity index is 2.13. The van der Waals surface area contributed by atoms with E-state index in [1.165, 1.54) is 0 Å². The van der Waals surface area contributed by atoms with E-state index in [2.05, 4.69) is 0 Å². The Morgan fingerprint density at radius 3 is 2.62 bits per heavy atom. The summed E-state index contributed by atoms with van der Waals surface area (Å²) in [6.07, 6.45) is 0. The van der Waals surface area contributed by atoms with Crippen LogP contribution in [-0.2, 0) is 26.9 Å². The monoisotopic (exact) mass is 242 g/mol. The lowest BCUT2D eigenvalue weighted by molar-refractivity contribution is -0.133. The van der Waals surface area contributed by atoms with Gasteiger partial charge in [-0.25, -0.2) is 0 Å². The molecule has 16 heavy (non-hydrogen) atoms. The molecule has 5 heteroatoms. The van der Waals surface area contributed by atoms with Crippen LogP contribution in [0.1, 0.15) is 5.56 Å². The third-order valence-corrected chi connectivity index (χ3v) is 3.04. The Labute approximate surface area is 96.7 Å². The van der Waals surface area contributed by atoms with Crippen LogP contribution in [0.25, 0.3) is 0 Å². The Hall–Kier alpha value is -1.20. The zero-order valence-corrected chi connectivity index (χ0v) is 9.61. The van der Waals surface area contributed by atoms with E-state index in [4.69, 9.17) is 9.84 Å². The number of aliphatic carboxylic acids is 1. The molecule has 88 valence electrons. The molecule has 1 aromatic carbocycles. The fraction of sp³-hybridized carbons (Fsp3) is 0.364. The molecule has 0 aliphatic heterocycles. The molecule has 0 saturated carbocycles. The first-order chi connectivity index (χ1) is 7.68. The lowest BCUT2D eigenvalue weighted by atomic mass is 10.2. The minimum absolute atomic E-state index is 0.263. The molecule has 0 bridgehead atoms. The molecule has 1 atom stereocenters. The summed E-state index contributed by atoms with van der Waals surface area (Å²) in [7, 11) is -1.33. The van der Waals surface area contributed by atoms with E-state index in [1.54, 1.807) is 0 Å². The number of carboxylic acids is 1. The first-order valence-corrected chi connectivity index (χ1v) is 6.35. The van der Waals surface area contributed by atoms with Gasteiger partial charge in [0.25, 0.3) is 0 Å². The standard InChI is InChI=1S/C11H14O4S/c12-11(13)9-16(14)7-6-15-8-10-4-2-1-3-5-10/h1-5H,6-9H2,(H,12,13). The number of hydrogen-bond donors (Lipinski definition) is 1. The first kappa shape index (κ1) is 12.9. The second-order valence-electron chi connectivity index (χ2n) is 3.22. The van der Waals surface area contributed by atoms with Gasteiger partial charge in [-0.3, -0.25) is 9.00 Å². The highest BCUT2D eigenvalue weighted by atomic mass is 32.2. The van der Waals surface area contributed by atoms with Gasteiger partial charge >= 0.3 is 5.97 Å². The molecular formula is C11H14O4S. The maximum atomic E-state index is 11.1. The highest BCUT2D eigenvalue weighted by Gasteiger charge is 2.05. The van der Waals surface area contributed by atoms with E-state index in [0.717, 1.165) is 5.56 Å². The SMILES string of the molecule is O=C(O)CS(=O)CCOCc1ccccc1. The predicted molar refractivity (Wildman–Crippen MR) is 61.6 cm³/mol. The van der Waals surface area contributed by atoms with Crippen molar-refractivity contribution in [1.82, 2.24) is 0 Å². The summed E-state index contributed by atoms with van der Waals surface area (Å²) in [4.78, 5) is 10.2. The number of hydrogen-bond acceptors (Lipinski definition) is 3. The molecule has 0 amide bonds. The number of carboxylic acid groups (broad SMARTS) is 1. The Morgan fingerprint density at radius 2 is 2.00 bits per heavy atom. The quantitative estimate of drug-likeness (QED) is 0.725. The maximum absolute atomic E-state index is 11.1. The van der Waals surface area contributed by atoms with Crippen LogP contribution in [0.5, 0.6) is 0 Å². The van der Waals surface area contributed by atoms with Crippen molar-refractivity contribution in [2.45, 2.75) is 6.61 Å².